The van der Waals surface area contributed by atoms with Gasteiger partial charge in [-0.2, -0.15) is 0 Å². The summed E-state index contributed by atoms with van der Waals surface area (Å²) < 4.78 is 0. The number of benzene rings is 1. The zero-order chi connectivity index (χ0) is 15.2. The summed E-state index contributed by atoms with van der Waals surface area (Å²) in [6, 6.07) is 9.45. The van der Waals surface area contributed by atoms with E-state index in [4.69, 9.17) is 5.11 Å². The molecule has 1 aliphatic heterocycles. The first-order valence-corrected chi connectivity index (χ1v) is 7.79. The van der Waals surface area contributed by atoms with Gasteiger partial charge in [0.1, 0.15) is 6.04 Å². The van der Waals surface area contributed by atoms with E-state index < -0.39 is 5.97 Å². The molecule has 0 bridgehead atoms. The monoisotopic (exact) mass is 306 g/mol. The lowest BCUT2D eigenvalue weighted by Gasteiger charge is -2.18. The van der Waals surface area contributed by atoms with Crippen LogP contribution in [0.25, 0.3) is 0 Å². The van der Waals surface area contributed by atoms with Crippen LogP contribution in [0, 0.1) is 0 Å². The molecule has 0 saturated carbocycles. The van der Waals surface area contributed by atoms with Crippen LogP contribution in [0.5, 0.6) is 0 Å². The van der Waals surface area contributed by atoms with Gasteiger partial charge in [-0.05, 0) is 6.42 Å². The third-order valence-corrected chi connectivity index (χ3v) is 4.31. The fraction of sp³-hybridized carbons (Fsp3) is 0.400. The SMILES string of the molecule is CN(CCCC(=O)O)C(=O)C1CSC(c2ccccc2)=N1. The predicted octanol–water partition coefficient (Wildman–Crippen LogP) is 1.87. The van der Waals surface area contributed by atoms with Crippen LogP contribution in [-0.2, 0) is 9.59 Å². The molecule has 21 heavy (non-hydrogen) atoms. The van der Waals surface area contributed by atoms with E-state index in [0.717, 1.165) is 10.6 Å². The fourth-order valence-corrected chi connectivity index (χ4v) is 3.11. The normalized spacial score (nSPS) is 17.4. The summed E-state index contributed by atoms with van der Waals surface area (Å²) >= 11 is 1.59. The van der Waals surface area contributed by atoms with Crippen molar-refractivity contribution in [3.05, 3.63) is 35.9 Å². The number of nitrogens with zero attached hydrogens (tertiary/aromatic N) is 2. The summed E-state index contributed by atoms with van der Waals surface area (Å²) in [6.45, 7) is 0.447. The average molecular weight is 306 g/mol. The number of aliphatic carboxylic acids is 1. The van der Waals surface area contributed by atoms with E-state index in [2.05, 4.69) is 4.99 Å². The molecule has 0 aromatic heterocycles. The maximum atomic E-state index is 12.3. The van der Waals surface area contributed by atoms with Gasteiger partial charge in [-0.25, -0.2) is 0 Å². The lowest BCUT2D eigenvalue weighted by Crippen LogP contribution is -2.36. The minimum atomic E-state index is -0.836. The number of hydrogen-bond donors (Lipinski definition) is 1. The summed E-state index contributed by atoms with van der Waals surface area (Å²) in [4.78, 5) is 28.8. The molecule has 1 aliphatic rings. The van der Waals surface area contributed by atoms with Gasteiger partial charge in [0.05, 0.1) is 5.04 Å². The summed E-state index contributed by atoms with van der Waals surface area (Å²) in [5.74, 6) is -0.234. The summed E-state index contributed by atoms with van der Waals surface area (Å²) in [5, 5.41) is 9.50. The van der Waals surface area contributed by atoms with Crippen LogP contribution < -0.4 is 0 Å². The van der Waals surface area contributed by atoms with Gasteiger partial charge in [0, 0.05) is 31.3 Å². The van der Waals surface area contributed by atoms with Crippen LogP contribution in [-0.4, -0.2) is 52.3 Å². The van der Waals surface area contributed by atoms with Gasteiger partial charge in [-0.15, -0.1) is 11.8 Å². The molecule has 1 aromatic rings. The van der Waals surface area contributed by atoms with Crippen molar-refractivity contribution in [2.45, 2.75) is 18.9 Å². The van der Waals surface area contributed by atoms with Crippen molar-refractivity contribution >= 4 is 28.7 Å². The summed E-state index contributed by atoms with van der Waals surface area (Å²) in [6.07, 6.45) is 0.544. The van der Waals surface area contributed by atoms with Gasteiger partial charge in [0.25, 0.3) is 0 Å². The molecule has 1 N–H and O–H groups in total. The number of carbonyl (C=O) groups is 2. The maximum Gasteiger partial charge on any atom is 0.303 e. The first kappa shape index (κ1) is 15.6. The lowest BCUT2D eigenvalue weighted by molar-refractivity contribution is -0.138. The van der Waals surface area contributed by atoms with Gasteiger partial charge in [0.15, 0.2) is 0 Å². The Labute approximate surface area is 128 Å². The molecule has 0 radical (unpaired) electrons. The second-order valence-corrected chi connectivity index (χ2v) is 5.89. The Kier molecular flexibility index (Phi) is 5.38. The van der Waals surface area contributed by atoms with Gasteiger partial charge in [0.2, 0.25) is 5.91 Å². The molecular formula is C15H18N2O3S. The van der Waals surface area contributed by atoms with Crippen LogP contribution in [0.1, 0.15) is 18.4 Å². The topological polar surface area (TPSA) is 70.0 Å². The van der Waals surface area contributed by atoms with Gasteiger partial charge < -0.3 is 10.0 Å². The van der Waals surface area contributed by atoms with E-state index in [9.17, 15) is 9.59 Å². The van der Waals surface area contributed by atoms with Crippen LogP contribution in [0.2, 0.25) is 0 Å². The summed E-state index contributed by atoms with van der Waals surface area (Å²) in [5.41, 5.74) is 1.03. The fourth-order valence-electron chi connectivity index (χ4n) is 2.07. The second kappa shape index (κ2) is 7.26. The van der Waals surface area contributed by atoms with Gasteiger partial charge in [-0.3, -0.25) is 14.6 Å². The van der Waals surface area contributed by atoms with Crippen LogP contribution in [0.4, 0.5) is 0 Å². The Balaban J connectivity index is 1.92. The number of carboxylic acids is 1. The predicted molar refractivity (Wildman–Crippen MR) is 83.7 cm³/mol. The Bertz CT molecular complexity index is 545. The van der Waals surface area contributed by atoms with E-state index in [-0.39, 0.29) is 18.4 Å². The first-order chi connectivity index (χ1) is 10.1. The molecule has 0 fully saturated rings. The Hall–Kier alpha value is -1.82. The zero-order valence-corrected chi connectivity index (χ0v) is 12.7. The number of carbonyl (C=O) groups excluding carboxylic acids is 1. The van der Waals surface area contributed by atoms with E-state index in [1.54, 1.807) is 23.7 Å². The molecule has 2 rings (SSSR count). The van der Waals surface area contributed by atoms with Gasteiger partial charge >= 0.3 is 5.97 Å². The minimum absolute atomic E-state index is 0.0428. The molecule has 1 atom stereocenters. The summed E-state index contributed by atoms with van der Waals surface area (Å²) in [7, 11) is 1.70. The third kappa shape index (κ3) is 4.32. The molecule has 0 aliphatic carbocycles. The number of likely N-dealkylation sites (N-methyl/N-ethyl adjacent to an activating group) is 1. The first-order valence-electron chi connectivity index (χ1n) is 6.80. The zero-order valence-electron chi connectivity index (χ0n) is 11.9. The lowest BCUT2D eigenvalue weighted by atomic mass is 10.2. The third-order valence-electron chi connectivity index (χ3n) is 3.22. The standard InChI is InChI=1S/C15H18N2O3S/c1-17(9-5-8-13(18)19)15(20)12-10-21-14(16-12)11-6-3-2-4-7-11/h2-4,6-7,12H,5,8-10H2,1H3,(H,18,19). The molecule has 112 valence electrons. The quantitative estimate of drug-likeness (QED) is 0.871. The highest BCUT2D eigenvalue weighted by molar-refractivity contribution is 8.14. The molecule has 1 aromatic carbocycles. The number of rotatable bonds is 6. The minimum Gasteiger partial charge on any atom is -0.481 e. The van der Waals surface area contributed by atoms with Crippen molar-refractivity contribution in [1.82, 2.24) is 4.90 Å². The molecule has 1 heterocycles. The number of amides is 1. The second-order valence-electron chi connectivity index (χ2n) is 4.88. The van der Waals surface area contributed by atoms with Crippen LogP contribution >= 0.6 is 11.8 Å². The molecule has 0 spiro atoms. The Morgan fingerprint density at radius 2 is 2.10 bits per heavy atom. The van der Waals surface area contributed by atoms with Crippen molar-refractivity contribution in [2.75, 3.05) is 19.3 Å². The highest BCUT2D eigenvalue weighted by atomic mass is 32.2. The Morgan fingerprint density at radius 1 is 1.38 bits per heavy atom. The number of thioether (sulfide) groups is 1. The molecule has 1 unspecified atom stereocenters. The molecule has 6 heteroatoms. The van der Waals surface area contributed by atoms with Crippen molar-refractivity contribution < 1.29 is 14.7 Å². The van der Waals surface area contributed by atoms with Crippen LogP contribution in [0.15, 0.2) is 35.3 Å². The highest BCUT2D eigenvalue weighted by Gasteiger charge is 2.27. The van der Waals surface area contributed by atoms with E-state index in [1.165, 1.54) is 0 Å². The molecule has 5 nitrogen and oxygen atoms in total. The van der Waals surface area contributed by atoms with Crippen LogP contribution in [0.3, 0.4) is 0 Å². The smallest absolute Gasteiger partial charge is 0.303 e. The molecule has 0 saturated heterocycles. The maximum absolute atomic E-state index is 12.3. The van der Waals surface area contributed by atoms with E-state index in [1.807, 2.05) is 30.3 Å². The molecule has 1 amide bonds. The molecular weight excluding hydrogens is 288 g/mol. The van der Waals surface area contributed by atoms with Crippen molar-refractivity contribution in [3.63, 3.8) is 0 Å². The van der Waals surface area contributed by atoms with Crippen molar-refractivity contribution in [1.29, 1.82) is 0 Å². The van der Waals surface area contributed by atoms with E-state index >= 15 is 0 Å². The largest absolute Gasteiger partial charge is 0.481 e. The van der Waals surface area contributed by atoms with Crippen molar-refractivity contribution in [3.8, 4) is 0 Å². The van der Waals surface area contributed by atoms with E-state index in [0.29, 0.717) is 18.7 Å². The number of carboxylic acid groups (broad SMARTS) is 1. The van der Waals surface area contributed by atoms with Crippen molar-refractivity contribution in [2.24, 2.45) is 4.99 Å². The Morgan fingerprint density at radius 3 is 2.76 bits per heavy atom. The number of hydrogen-bond acceptors (Lipinski definition) is 4. The number of aliphatic imine (C=N–C) groups is 1. The average Bonchev–Trinajstić information content (AvgIpc) is 2.96. The highest BCUT2D eigenvalue weighted by Crippen LogP contribution is 2.24. The van der Waals surface area contributed by atoms with Gasteiger partial charge in [-0.1, -0.05) is 30.3 Å².